The first-order valence-corrected chi connectivity index (χ1v) is 8.46. The van der Waals surface area contributed by atoms with Crippen LogP contribution in [0.25, 0.3) is 4.96 Å². The van der Waals surface area contributed by atoms with E-state index in [-0.39, 0.29) is 11.7 Å². The molecule has 0 aromatic carbocycles. The molecule has 1 unspecified atom stereocenters. The molecule has 0 radical (unpaired) electrons. The molecule has 21 heavy (non-hydrogen) atoms. The number of hydrogen-bond donors (Lipinski definition) is 1. The molecule has 1 aliphatic rings. The summed E-state index contributed by atoms with van der Waals surface area (Å²) in [6.07, 6.45) is 2.33. The molecule has 0 bridgehead atoms. The van der Waals surface area contributed by atoms with Crippen LogP contribution in [0.1, 0.15) is 33.4 Å². The number of ether oxygens (including phenoxy) is 1. The molecule has 2 aromatic heterocycles. The van der Waals surface area contributed by atoms with E-state index < -0.39 is 0 Å². The van der Waals surface area contributed by atoms with Crippen LogP contribution in [0.15, 0.2) is 11.6 Å². The maximum atomic E-state index is 6.01. The van der Waals surface area contributed by atoms with Crippen molar-refractivity contribution in [3.63, 3.8) is 0 Å². The van der Waals surface area contributed by atoms with Gasteiger partial charge in [0.25, 0.3) is 0 Å². The number of thiazole rings is 1. The topological polar surface area (TPSA) is 41.8 Å². The van der Waals surface area contributed by atoms with Crippen LogP contribution in [0.5, 0.6) is 0 Å². The molecular formula is C15H24N4OS. The normalized spacial score (nSPS) is 22.1. The van der Waals surface area contributed by atoms with E-state index in [0.29, 0.717) is 0 Å². The van der Waals surface area contributed by atoms with E-state index in [4.69, 9.17) is 9.72 Å². The maximum Gasteiger partial charge on any atom is 0.195 e. The molecule has 0 spiro atoms. The average molecular weight is 308 g/mol. The molecule has 1 atom stereocenters. The van der Waals surface area contributed by atoms with Crippen molar-refractivity contribution in [3.05, 3.63) is 17.3 Å². The number of nitrogens with one attached hydrogen (secondary N) is 1. The van der Waals surface area contributed by atoms with E-state index in [9.17, 15) is 0 Å². The van der Waals surface area contributed by atoms with E-state index in [1.165, 1.54) is 5.69 Å². The summed E-state index contributed by atoms with van der Waals surface area (Å²) in [5, 5.41) is 5.52. The Morgan fingerprint density at radius 3 is 3.05 bits per heavy atom. The minimum Gasteiger partial charge on any atom is -0.369 e. The minimum absolute atomic E-state index is 0.135. The summed E-state index contributed by atoms with van der Waals surface area (Å²) in [5.74, 6) is 1.10. The highest BCUT2D eigenvalue weighted by molar-refractivity contribution is 7.15. The van der Waals surface area contributed by atoms with Crippen LogP contribution in [0.4, 0.5) is 5.82 Å². The standard InChI is InChI=1S/C15H24N4OS/c1-5-16-8-12-13(17-14-19(12)6-7-21-14)18-9-11(2)20-15(3,4)10-18/h6-7,11,16H,5,8-10H2,1-4H3. The van der Waals surface area contributed by atoms with Crippen LogP contribution in [0.3, 0.4) is 0 Å². The quantitative estimate of drug-likeness (QED) is 0.942. The second kappa shape index (κ2) is 5.59. The number of nitrogens with zero attached hydrogens (tertiary/aromatic N) is 3. The first kappa shape index (κ1) is 14.8. The Kier molecular flexibility index (Phi) is 3.94. The molecule has 0 aliphatic carbocycles. The van der Waals surface area contributed by atoms with Gasteiger partial charge in [0.15, 0.2) is 10.8 Å². The van der Waals surface area contributed by atoms with Crippen molar-refractivity contribution in [1.29, 1.82) is 0 Å². The summed E-state index contributed by atoms with van der Waals surface area (Å²) in [6.45, 7) is 12.1. The van der Waals surface area contributed by atoms with Crippen molar-refractivity contribution >= 4 is 22.1 Å². The predicted octanol–water partition coefficient (Wildman–Crippen LogP) is 2.51. The van der Waals surface area contributed by atoms with Gasteiger partial charge in [0.2, 0.25) is 0 Å². The highest BCUT2D eigenvalue weighted by Crippen LogP contribution is 2.30. The summed E-state index contributed by atoms with van der Waals surface area (Å²) in [4.78, 5) is 8.30. The molecule has 0 amide bonds. The molecule has 1 N–H and O–H groups in total. The van der Waals surface area contributed by atoms with Gasteiger partial charge >= 0.3 is 0 Å². The first-order valence-electron chi connectivity index (χ1n) is 7.58. The zero-order valence-corrected chi connectivity index (χ0v) is 14.0. The highest BCUT2D eigenvalue weighted by atomic mass is 32.1. The Labute approximate surface area is 129 Å². The Balaban J connectivity index is 1.96. The van der Waals surface area contributed by atoms with E-state index in [2.05, 4.69) is 53.9 Å². The van der Waals surface area contributed by atoms with Crippen molar-refractivity contribution in [2.24, 2.45) is 0 Å². The molecule has 6 heteroatoms. The monoisotopic (exact) mass is 308 g/mol. The number of imidazole rings is 1. The van der Waals surface area contributed by atoms with Crippen LogP contribution < -0.4 is 10.2 Å². The third-order valence-electron chi connectivity index (χ3n) is 3.75. The lowest BCUT2D eigenvalue weighted by atomic mass is 10.1. The first-order chi connectivity index (χ1) is 10.00. The lowest BCUT2D eigenvalue weighted by molar-refractivity contribution is -0.0751. The van der Waals surface area contributed by atoms with Crippen molar-refractivity contribution in [2.45, 2.75) is 45.9 Å². The van der Waals surface area contributed by atoms with Crippen LogP contribution in [0, 0.1) is 0 Å². The Morgan fingerprint density at radius 1 is 1.52 bits per heavy atom. The average Bonchev–Trinajstić information content (AvgIpc) is 2.94. The highest BCUT2D eigenvalue weighted by Gasteiger charge is 2.33. The van der Waals surface area contributed by atoms with Gasteiger partial charge < -0.3 is 15.0 Å². The fourth-order valence-electron chi connectivity index (χ4n) is 3.10. The van der Waals surface area contributed by atoms with Crippen molar-refractivity contribution in [2.75, 3.05) is 24.5 Å². The number of hydrogen-bond acceptors (Lipinski definition) is 5. The van der Waals surface area contributed by atoms with Crippen LogP contribution in [-0.2, 0) is 11.3 Å². The molecule has 0 saturated carbocycles. The number of anilines is 1. The number of morpholine rings is 1. The smallest absolute Gasteiger partial charge is 0.195 e. The van der Waals surface area contributed by atoms with Crippen molar-refractivity contribution in [3.8, 4) is 0 Å². The van der Waals surface area contributed by atoms with E-state index in [1.54, 1.807) is 11.3 Å². The fraction of sp³-hybridized carbons (Fsp3) is 0.667. The third-order valence-corrected chi connectivity index (χ3v) is 4.51. The van der Waals surface area contributed by atoms with Gasteiger partial charge in [0.05, 0.1) is 17.4 Å². The summed E-state index contributed by atoms with van der Waals surface area (Å²) < 4.78 is 8.22. The van der Waals surface area contributed by atoms with Gasteiger partial charge in [-0.05, 0) is 27.3 Å². The molecule has 116 valence electrons. The maximum absolute atomic E-state index is 6.01. The molecule has 3 rings (SSSR count). The van der Waals surface area contributed by atoms with Crippen molar-refractivity contribution in [1.82, 2.24) is 14.7 Å². The van der Waals surface area contributed by atoms with Gasteiger partial charge in [0, 0.05) is 31.2 Å². The molecular weight excluding hydrogens is 284 g/mol. The van der Waals surface area contributed by atoms with Gasteiger partial charge in [-0.3, -0.25) is 4.40 Å². The zero-order valence-electron chi connectivity index (χ0n) is 13.2. The van der Waals surface area contributed by atoms with E-state index in [1.807, 2.05) is 0 Å². The van der Waals surface area contributed by atoms with Crippen LogP contribution in [0.2, 0.25) is 0 Å². The molecule has 1 fully saturated rings. The van der Waals surface area contributed by atoms with Crippen molar-refractivity contribution < 1.29 is 4.74 Å². The van der Waals surface area contributed by atoms with Gasteiger partial charge in [-0.1, -0.05) is 6.92 Å². The predicted molar refractivity (Wildman–Crippen MR) is 87.3 cm³/mol. The SMILES string of the molecule is CCNCc1c(N2CC(C)OC(C)(C)C2)nc2sccn12. The zero-order chi connectivity index (χ0) is 15.0. The Morgan fingerprint density at radius 2 is 2.33 bits per heavy atom. The van der Waals surface area contributed by atoms with Gasteiger partial charge in [-0.15, -0.1) is 11.3 Å². The lowest BCUT2D eigenvalue weighted by Gasteiger charge is -2.42. The molecule has 1 aliphatic heterocycles. The van der Waals surface area contributed by atoms with Crippen LogP contribution >= 0.6 is 11.3 Å². The largest absolute Gasteiger partial charge is 0.369 e. The number of rotatable bonds is 4. The molecule has 3 heterocycles. The second-order valence-electron chi connectivity index (χ2n) is 6.29. The Hall–Kier alpha value is -1.11. The van der Waals surface area contributed by atoms with Gasteiger partial charge in [-0.2, -0.15) is 0 Å². The lowest BCUT2D eigenvalue weighted by Crippen LogP contribution is -2.52. The summed E-state index contributed by atoms with van der Waals surface area (Å²) in [7, 11) is 0. The fourth-order valence-corrected chi connectivity index (χ4v) is 3.83. The van der Waals surface area contributed by atoms with Gasteiger partial charge in [-0.25, -0.2) is 4.98 Å². The summed E-state index contributed by atoms with van der Waals surface area (Å²) >= 11 is 1.69. The number of fused-ring (bicyclic) bond motifs is 1. The van der Waals surface area contributed by atoms with E-state index >= 15 is 0 Å². The van der Waals surface area contributed by atoms with Crippen LogP contribution in [-0.4, -0.2) is 40.7 Å². The molecule has 2 aromatic rings. The third kappa shape index (κ3) is 2.93. The summed E-state index contributed by atoms with van der Waals surface area (Å²) in [6, 6.07) is 0. The minimum atomic E-state index is -0.135. The van der Waals surface area contributed by atoms with Gasteiger partial charge in [0.1, 0.15) is 0 Å². The number of aromatic nitrogens is 2. The Bertz CT molecular complexity index is 618. The summed E-state index contributed by atoms with van der Waals surface area (Å²) in [5.41, 5.74) is 1.11. The van der Waals surface area contributed by atoms with E-state index in [0.717, 1.165) is 37.0 Å². The molecule has 5 nitrogen and oxygen atoms in total. The molecule has 1 saturated heterocycles. The second-order valence-corrected chi connectivity index (χ2v) is 7.16.